The molecule has 0 atom stereocenters. The number of nitrogens with zero attached hydrogens (tertiary/aromatic N) is 1. The summed E-state index contributed by atoms with van der Waals surface area (Å²) >= 11 is 0. The molecule has 0 bridgehead atoms. The lowest BCUT2D eigenvalue weighted by atomic mass is 9.79. The van der Waals surface area contributed by atoms with Crippen molar-refractivity contribution in [2.45, 2.75) is 71.5 Å². The average Bonchev–Trinajstić information content (AvgIpc) is 2.28. The molecular weight excluding hydrogens is 222 g/mol. The average molecular weight is 253 g/mol. The van der Waals surface area contributed by atoms with Crippen LogP contribution in [0.25, 0.3) is 0 Å². The van der Waals surface area contributed by atoms with E-state index >= 15 is 0 Å². The van der Waals surface area contributed by atoms with Crippen LogP contribution in [0, 0.1) is 11.8 Å². The van der Waals surface area contributed by atoms with Crippen molar-refractivity contribution in [2.75, 3.05) is 19.6 Å². The van der Waals surface area contributed by atoms with Crippen LogP contribution in [0.3, 0.4) is 0 Å². The van der Waals surface area contributed by atoms with Gasteiger partial charge in [-0.15, -0.1) is 0 Å². The number of piperidine rings is 1. The van der Waals surface area contributed by atoms with E-state index in [-0.39, 0.29) is 0 Å². The Labute approximate surface area is 113 Å². The van der Waals surface area contributed by atoms with Crippen molar-refractivity contribution < 1.29 is 4.74 Å². The van der Waals surface area contributed by atoms with E-state index in [0.29, 0.717) is 12.2 Å². The number of likely N-dealkylation sites (tertiary alicyclic amines) is 1. The van der Waals surface area contributed by atoms with Crippen molar-refractivity contribution >= 4 is 0 Å². The molecule has 1 aliphatic carbocycles. The van der Waals surface area contributed by atoms with Gasteiger partial charge in [0.15, 0.2) is 0 Å². The zero-order valence-corrected chi connectivity index (χ0v) is 12.5. The SMILES string of the molecule is CCCC1CC(OC2CCN(CC(C)C)CC2)C1. The zero-order valence-electron chi connectivity index (χ0n) is 12.5. The molecule has 2 fully saturated rings. The monoisotopic (exact) mass is 253 g/mol. The molecular formula is C16H31NO. The van der Waals surface area contributed by atoms with Gasteiger partial charge in [0.25, 0.3) is 0 Å². The Kier molecular flexibility index (Phi) is 5.50. The third-order valence-corrected chi connectivity index (χ3v) is 4.43. The van der Waals surface area contributed by atoms with Gasteiger partial charge in [-0.05, 0) is 37.5 Å². The lowest BCUT2D eigenvalue weighted by Crippen LogP contribution is -2.42. The molecule has 0 unspecified atom stereocenters. The first kappa shape index (κ1) is 14.3. The Morgan fingerprint density at radius 3 is 2.33 bits per heavy atom. The zero-order chi connectivity index (χ0) is 13.0. The van der Waals surface area contributed by atoms with Gasteiger partial charge in [0.2, 0.25) is 0 Å². The largest absolute Gasteiger partial charge is 0.375 e. The molecule has 1 aliphatic heterocycles. The van der Waals surface area contributed by atoms with Crippen LogP contribution in [0.2, 0.25) is 0 Å². The topological polar surface area (TPSA) is 12.5 Å². The second kappa shape index (κ2) is 6.91. The highest BCUT2D eigenvalue weighted by atomic mass is 16.5. The summed E-state index contributed by atoms with van der Waals surface area (Å²) in [6, 6.07) is 0. The van der Waals surface area contributed by atoms with E-state index in [1.165, 1.54) is 58.2 Å². The fourth-order valence-electron chi connectivity index (χ4n) is 3.45. The molecule has 2 aliphatic rings. The summed E-state index contributed by atoms with van der Waals surface area (Å²) < 4.78 is 6.23. The molecule has 0 aromatic carbocycles. The minimum atomic E-state index is 0.556. The normalized spacial score (nSPS) is 30.7. The molecule has 0 N–H and O–H groups in total. The molecule has 0 radical (unpaired) electrons. The Morgan fingerprint density at radius 1 is 1.11 bits per heavy atom. The van der Waals surface area contributed by atoms with E-state index in [1.807, 2.05) is 0 Å². The first-order valence-electron chi connectivity index (χ1n) is 8.05. The summed E-state index contributed by atoms with van der Waals surface area (Å²) in [4.78, 5) is 2.60. The third kappa shape index (κ3) is 4.24. The highest BCUT2D eigenvalue weighted by Crippen LogP contribution is 2.35. The summed E-state index contributed by atoms with van der Waals surface area (Å²) in [6.07, 6.45) is 9.07. The van der Waals surface area contributed by atoms with Crippen LogP contribution in [0.15, 0.2) is 0 Å². The number of hydrogen-bond acceptors (Lipinski definition) is 2. The van der Waals surface area contributed by atoms with Crippen LogP contribution in [-0.4, -0.2) is 36.7 Å². The van der Waals surface area contributed by atoms with E-state index in [2.05, 4.69) is 25.7 Å². The Morgan fingerprint density at radius 2 is 1.78 bits per heavy atom. The van der Waals surface area contributed by atoms with Crippen LogP contribution < -0.4 is 0 Å². The van der Waals surface area contributed by atoms with Crippen molar-refractivity contribution in [3.8, 4) is 0 Å². The lowest BCUT2D eigenvalue weighted by molar-refractivity contribution is -0.0952. The summed E-state index contributed by atoms with van der Waals surface area (Å²) in [6.45, 7) is 10.7. The molecule has 1 heterocycles. The highest BCUT2D eigenvalue weighted by molar-refractivity contribution is 4.82. The molecule has 0 spiro atoms. The molecule has 18 heavy (non-hydrogen) atoms. The van der Waals surface area contributed by atoms with Gasteiger partial charge < -0.3 is 9.64 Å². The van der Waals surface area contributed by atoms with Crippen molar-refractivity contribution in [1.29, 1.82) is 0 Å². The van der Waals surface area contributed by atoms with Gasteiger partial charge in [-0.3, -0.25) is 0 Å². The second-order valence-electron chi connectivity index (χ2n) is 6.78. The van der Waals surface area contributed by atoms with Gasteiger partial charge in [-0.2, -0.15) is 0 Å². The predicted octanol–water partition coefficient (Wildman–Crippen LogP) is 3.70. The van der Waals surface area contributed by atoms with E-state index in [4.69, 9.17) is 4.74 Å². The van der Waals surface area contributed by atoms with Gasteiger partial charge in [-0.25, -0.2) is 0 Å². The van der Waals surface area contributed by atoms with Crippen molar-refractivity contribution in [3.05, 3.63) is 0 Å². The van der Waals surface area contributed by atoms with Crippen molar-refractivity contribution in [2.24, 2.45) is 11.8 Å². The maximum atomic E-state index is 6.23. The van der Waals surface area contributed by atoms with Crippen molar-refractivity contribution in [3.63, 3.8) is 0 Å². The van der Waals surface area contributed by atoms with Gasteiger partial charge in [0.1, 0.15) is 0 Å². The minimum absolute atomic E-state index is 0.556. The van der Waals surface area contributed by atoms with Crippen molar-refractivity contribution in [1.82, 2.24) is 4.90 Å². The maximum Gasteiger partial charge on any atom is 0.0603 e. The van der Waals surface area contributed by atoms with Crippen LogP contribution >= 0.6 is 0 Å². The molecule has 0 amide bonds. The van der Waals surface area contributed by atoms with Crippen LogP contribution in [0.4, 0.5) is 0 Å². The molecule has 0 aromatic heterocycles. The van der Waals surface area contributed by atoms with Gasteiger partial charge in [0, 0.05) is 19.6 Å². The highest BCUT2D eigenvalue weighted by Gasteiger charge is 2.32. The number of rotatable bonds is 6. The van der Waals surface area contributed by atoms with Gasteiger partial charge >= 0.3 is 0 Å². The van der Waals surface area contributed by atoms with Gasteiger partial charge in [0.05, 0.1) is 12.2 Å². The Hall–Kier alpha value is -0.0800. The summed E-state index contributed by atoms with van der Waals surface area (Å²) in [5, 5.41) is 0. The smallest absolute Gasteiger partial charge is 0.0603 e. The summed E-state index contributed by atoms with van der Waals surface area (Å²) in [5.41, 5.74) is 0. The van der Waals surface area contributed by atoms with E-state index < -0.39 is 0 Å². The predicted molar refractivity (Wildman–Crippen MR) is 76.8 cm³/mol. The maximum absolute atomic E-state index is 6.23. The van der Waals surface area contributed by atoms with E-state index in [0.717, 1.165) is 11.8 Å². The van der Waals surface area contributed by atoms with Crippen LogP contribution in [0.1, 0.15) is 59.3 Å². The first-order valence-corrected chi connectivity index (χ1v) is 8.05. The fraction of sp³-hybridized carbons (Fsp3) is 1.00. The molecule has 2 nitrogen and oxygen atoms in total. The van der Waals surface area contributed by atoms with Crippen LogP contribution in [-0.2, 0) is 4.74 Å². The summed E-state index contributed by atoms with van der Waals surface area (Å²) in [5.74, 6) is 1.77. The Bertz CT molecular complexity index is 227. The lowest BCUT2D eigenvalue weighted by Gasteiger charge is -2.40. The van der Waals surface area contributed by atoms with E-state index in [9.17, 15) is 0 Å². The van der Waals surface area contributed by atoms with E-state index in [1.54, 1.807) is 0 Å². The number of hydrogen-bond donors (Lipinski definition) is 0. The third-order valence-electron chi connectivity index (χ3n) is 4.43. The second-order valence-corrected chi connectivity index (χ2v) is 6.78. The number of ether oxygens (including phenoxy) is 1. The summed E-state index contributed by atoms with van der Waals surface area (Å²) in [7, 11) is 0. The minimum Gasteiger partial charge on any atom is -0.375 e. The van der Waals surface area contributed by atoms with Crippen LogP contribution in [0.5, 0.6) is 0 Å². The fourth-order valence-corrected chi connectivity index (χ4v) is 3.45. The molecule has 2 rings (SSSR count). The first-order chi connectivity index (χ1) is 8.67. The molecule has 1 saturated heterocycles. The quantitative estimate of drug-likeness (QED) is 0.715. The van der Waals surface area contributed by atoms with Gasteiger partial charge in [-0.1, -0.05) is 33.6 Å². The Balaban J connectivity index is 1.57. The molecule has 1 saturated carbocycles. The standard InChI is InChI=1S/C16H31NO/c1-4-5-14-10-16(11-14)18-15-6-8-17(9-7-15)12-13(2)3/h13-16H,4-12H2,1-3H3. The molecule has 2 heteroatoms. The molecule has 106 valence electrons. The molecule has 0 aromatic rings.